The number of para-hydroxylation sites is 1. The van der Waals surface area contributed by atoms with Gasteiger partial charge in [-0.05, 0) is 31.9 Å². The van der Waals surface area contributed by atoms with Gasteiger partial charge in [0, 0.05) is 24.9 Å². The van der Waals surface area contributed by atoms with E-state index in [-0.39, 0.29) is 6.61 Å². The number of hydrogen-bond donors (Lipinski definition) is 2. The van der Waals surface area contributed by atoms with E-state index in [0.717, 1.165) is 25.0 Å². The molecule has 7 nitrogen and oxygen atoms in total. The molecule has 0 aromatic heterocycles. The molecule has 0 atom stereocenters. The van der Waals surface area contributed by atoms with E-state index in [9.17, 15) is 9.59 Å². The van der Waals surface area contributed by atoms with Crippen LogP contribution >= 0.6 is 0 Å². The molecular weight excluding hydrogens is 346 g/mol. The smallest absolute Gasteiger partial charge is 0.332 e. The molecule has 1 spiro atoms. The van der Waals surface area contributed by atoms with E-state index in [0.29, 0.717) is 24.9 Å². The van der Waals surface area contributed by atoms with Gasteiger partial charge in [-0.15, -0.1) is 0 Å². The van der Waals surface area contributed by atoms with Crippen molar-refractivity contribution in [2.45, 2.75) is 63.5 Å². The molecule has 1 aromatic rings. The van der Waals surface area contributed by atoms with Crippen LogP contribution in [-0.2, 0) is 14.4 Å². The molecule has 3 rings (SSSR count). The molecule has 2 N–H and O–H groups in total. The molecule has 1 fully saturated rings. The second kappa shape index (κ2) is 7.98. The molecule has 1 aliphatic carbocycles. The summed E-state index contributed by atoms with van der Waals surface area (Å²) in [5.41, 5.74) is 0.105. The second-order valence-corrected chi connectivity index (χ2v) is 7.31. The van der Waals surface area contributed by atoms with Gasteiger partial charge >= 0.3 is 12.0 Å². The normalized spacial score (nSPS) is 25.9. The summed E-state index contributed by atoms with van der Waals surface area (Å²) < 4.78 is 5.22. The van der Waals surface area contributed by atoms with Crippen LogP contribution in [0.15, 0.2) is 35.5 Å². The fraction of sp³-hybridized carbons (Fsp3) is 0.550. The number of ether oxygens (including phenoxy) is 1. The molecule has 2 aliphatic rings. The average molecular weight is 373 g/mol. The van der Waals surface area contributed by atoms with Gasteiger partial charge in [-0.1, -0.05) is 36.7 Å². The lowest BCUT2D eigenvalue weighted by Gasteiger charge is -2.50. The maximum Gasteiger partial charge on any atom is 0.332 e. The summed E-state index contributed by atoms with van der Waals surface area (Å²) in [6.45, 7) is 4.15. The number of esters is 1. The Kier molecular flexibility index (Phi) is 5.68. The van der Waals surface area contributed by atoms with E-state index >= 15 is 0 Å². The minimum absolute atomic E-state index is 0.259. The van der Waals surface area contributed by atoms with Crippen LogP contribution < -0.4 is 10.6 Å². The maximum absolute atomic E-state index is 12.6. The van der Waals surface area contributed by atoms with Crippen LogP contribution in [0.4, 0.5) is 10.5 Å². The number of nitrogens with one attached hydrogen (secondary N) is 2. The predicted octanol–water partition coefficient (Wildman–Crippen LogP) is 3.61. The zero-order valence-corrected chi connectivity index (χ0v) is 15.9. The van der Waals surface area contributed by atoms with Crippen molar-refractivity contribution in [1.82, 2.24) is 5.32 Å². The Balaban J connectivity index is 1.63. The van der Waals surface area contributed by atoms with E-state index in [1.165, 1.54) is 0 Å². The molecule has 27 heavy (non-hydrogen) atoms. The van der Waals surface area contributed by atoms with Gasteiger partial charge in [0.05, 0.1) is 12.3 Å². The molecule has 0 radical (unpaired) electrons. The topological polar surface area (TPSA) is 89.0 Å². The van der Waals surface area contributed by atoms with Gasteiger partial charge in [-0.2, -0.15) is 0 Å². The number of carbonyl (C=O) groups is 2. The number of amides is 2. The Labute approximate surface area is 159 Å². The standard InChI is InChI=1S/C20H27N3O4/c1-3-5-9-16-12-19(27-23-16)13-20(14-19,17(24)26-4-2)22-18(25)21-15-10-7-6-8-11-15/h6-8,10-11H,3-5,9,12-14H2,1-2H3,(H2,21,22,25). The summed E-state index contributed by atoms with van der Waals surface area (Å²) in [6, 6.07) is 8.66. The minimum atomic E-state index is -1.08. The molecule has 1 heterocycles. The quantitative estimate of drug-likeness (QED) is 0.715. The Morgan fingerprint density at radius 1 is 1.22 bits per heavy atom. The number of oxime groups is 1. The summed E-state index contributed by atoms with van der Waals surface area (Å²) >= 11 is 0. The average Bonchev–Trinajstić information content (AvgIpc) is 3.04. The number of benzene rings is 1. The summed E-state index contributed by atoms with van der Waals surface area (Å²) in [7, 11) is 0. The summed E-state index contributed by atoms with van der Waals surface area (Å²) in [4.78, 5) is 30.7. The Morgan fingerprint density at radius 3 is 2.63 bits per heavy atom. The molecule has 146 valence electrons. The first kappa shape index (κ1) is 19.2. The first-order valence-corrected chi connectivity index (χ1v) is 9.56. The highest BCUT2D eigenvalue weighted by molar-refractivity contribution is 5.96. The number of rotatable bonds is 7. The number of unbranched alkanes of at least 4 members (excludes halogenated alkanes) is 1. The lowest BCUT2D eigenvalue weighted by atomic mass is 9.63. The predicted molar refractivity (Wildman–Crippen MR) is 103 cm³/mol. The van der Waals surface area contributed by atoms with Crippen LogP contribution in [0.2, 0.25) is 0 Å². The van der Waals surface area contributed by atoms with E-state index in [2.05, 4.69) is 22.7 Å². The third-order valence-corrected chi connectivity index (χ3v) is 5.01. The Hall–Kier alpha value is -2.57. The molecule has 0 bridgehead atoms. The summed E-state index contributed by atoms with van der Waals surface area (Å²) in [5, 5.41) is 9.77. The van der Waals surface area contributed by atoms with Gasteiger partial charge in [0.15, 0.2) is 0 Å². The van der Waals surface area contributed by atoms with E-state index in [1.807, 2.05) is 18.2 Å². The van der Waals surface area contributed by atoms with Crippen LogP contribution in [0.1, 0.15) is 52.4 Å². The SMILES string of the molecule is CCCCC1=NOC2(C1)CC(NC(=O)Nc1ccccc1)(C(=O)OCC)C2. The van der Waals surface area contributed by atoms with Crippen LogP contribution in [0.3, 0.4) is 0 Å². The van der Waals surface area contributed by atoms with Gasteiger partial charge in [-0.3, -0.25) is 0 Å². The lowest BCUT2D eigenvalue weighted by Crippen LogP contribution is -2.70. The molecule has 1 saturated carbocycles. The van der Waals surface area contributed by atoms with E-state index < -0.39 is 23.1 Å². The fourth-order valence-electron chi connectivity index (χ4n) is 3.80. The molecule has 1 aliphatic heterocycles. The van der Waals surface area contributed by atoms with Crippen molar-refractivity contribution in [3.63, 3.8) is 0 Å². The number of carbonyl (C=O) groups excluding carboxylic acids is 2. The Morgan fingerprint density at radius 2 is 1.96 bits per heavy atom. The van der Waals surface area contributed by atoms with Gasteiger partial charge in [0.2, 0.25) is 0 Å². The van der Waals surface area contributed by atoms with Crippen molar-refractivity contribution >= 4 is 23.4 Å². The first-order chi connectivity index (χ1) is 13.0. The third-order valence-electron chi connectivity index (χ3n) is 5.01. The van der Waals surface area contributed by atoms with Crippen molar-refractivity contribution in [3.8, 4) is 0 Å². The van der Waals surface area contributed by atoms with Crippen molar-refractivity contribution in [2.75, 3.05) is 11.9 Å². The first-order valence-electron chi connectivity index (χ1n) is 9.56. The maximum atomic E-state index is 12.6. The van der Waals surface area contributed by atoms with Crippen molar-refractivity contribution in [3.05, 3.63) is 30.3 Å². The third kappa shape index (κ3) is 4.23. The highest BCUT2D eigenvalue weighted by Crippen LogP contribution is 2.50. The van der Waals surface area contributed by atoms with Crippen molar-refractivity contribution in [1.29, 1.82) is 0 Å². The number of urea groups is 1. The van der Waals surface area contributed by atoms with Crippen LogP contribution in [-0.4, -0.2) is 35.5 Å². The monoisotopic (exact) mass is 373 g/mol. The highest BCUT2D eigenvalue weighted by Gasteiger charge is 2.64. The summed E-state index contributed by atoms with van der Waals surface area (Å²) in [5.74, 6) is -0.426. The molecular formula is C20H27N3O4. The summed E-state index contributed by atoms with van der Waals surface area (Å²) in [6.07, 6.45) is 4.50. The van der Waals surface area contributed by atoms with Crippen LogP contribution in [0, 0.1) is 0 Å². The molecule has 2 amide bonds. The second-order valence-electron chi connectivity index (χ2n) is 7.31. The van der Waals surface area contributed by atoms with Crippen LogP contribution in [0.25, 0.3) is 0 Å². The minimum Gasteiger partial charge on any atom is -0.464 e. The van der Waals surface area contributed by atoms with Gasteiger partial charge in [0.25, 0.3) is 0 Å². The number of anilines is 1. The number of nitrogens with zero attached hydrogens (tertiary/aromatic N) is 1. The van der Waals surface area contributed by atoms with Gasteiger partial charge in [-0.25, -0.2) is 9.59 Å². The van der Waals surface area contributed by atoms with Gasteiger partial charge in [0.1, 0.15) is 11.1 Å². The van der Waals surface area contributed by atoms with Crippen molar-refractivity contribution in [2.24, 2.45) is 5.16 Å². The lowest BCUT2D eigenvalue weighted by molar-refractivity contribution is -0.177. The van der Waals surface area contributed by atoms with Crippen molar-refractivity contribution < 1.29 is 19.2 Å². The molecule has 0 saturated heterocycles. The van der Waals surface area contributed by atoms with Crippen LogP contribution in [0.5, 0.6) is 0 Å². The molecule has 7 heteroatoms. The fourth-order valence-corrected chi connectivity index (χ4v) is 3.80. The zero-order chi connectivity index (χ0) is 19.3. The molecule has 0 unspecified atom stereocenters. The Bertz CT molecular complexity index is 711. The van der Waals surface area contributed by atoms with E-state index in [4.69, 9.17) is 9.57 Å². The molecule has 1 aromatic carbocycles. The number of hydrogen-bond acceptors (Lipinski definition) is 5. The highest BCUT2D eigenvalue weighted by atomic mass is 16.7. The largest absolute Gasteiger partial charge is 0.464 e. The van der Waals surface area contributed by atoms with Gasteiger partial charge < -0.3 is 20.2 Å². The van der Waals surface area contributed by atoms with E-state index in [1.54, 1.807) is 19.1 Å². The zero-order valence-electron chi connectivity index (χ0n) is 15.9.